The Hall–Kier alpha value is -0.860. The molecule has 1 aromatic rings. The molecule has 2 atom stereocenters. The molecular formula is C16H24O2. The van der Waals surface area contributed by atoms with Gasteiger partial charge in [0.05, 0.1) is 6.10 Å². The molecule has 1 aromatic carbocycles. The lowest BCUT2D eigenvalue weighted by Crippen LogP contribution is -2.20. The van der Waals surface area contributed by atoms with Crippen LogP contribution in [0.4, 0.5) is 0 Å². The number of benzene rings is 1. The van der Waals surface area contributed by atoms with Crippen LogP contribution in [0.15, 0.2) is 0 Å². The summed E-state index contributed by atoms with van der Waals surface area (Å²) in [5.74, 6) is 0. The topological polar surface area (TPSA) is 29.5 Å². The minimum Gasteiger partial charge on any atom is -0.386 e. The standard InChI is InChI=1S/C16H24O2/c1-9-10(2)12(4)15(13(5)11(9)3)16(17)14-7-6-8-18-14/h14,16-17H,6-8H2,1-5H3. The average Bonchev–Trinajstić information content (AvgIpc) is 2.88. The Morgan fingerprint density at radius 3 is 1.89 bits per heavy atom. The van der Waals surface area contributed by atoms with Gasteiger partial charge in [-0.15, -0.1) is 0 Å². The van der Waals surface area contributed by atoms with Crippen LogP contribution in [0.3, 0.4) is 0 Å². The molecule has 18 heavy (non-hydrogen) atoms. The Morgan fingerprint density at radius 1 is 0.944 bits per heavy atom. The highest BCUT2D eigenvalue weighted by atomic mass is 16.5. The van der Waals surface area contributed by atoms with Gasteiger partial charge in [-0.05, 0) is 80.8 Å². The van der Waals surface area contributed by atoms with Crippen molar-refractivity contribution in [1.82, 2.24) is 0 Å². The highest BCUT2D eigenvalue weighted by Crippen LogP contribution is 2.35. The predicted molar refractivity (Wildman–Crippen MR) is 74.1 cm³/mol. The lowest BCUT2D eigenvalue weighted by Gasteiger charge is -2.25. The van der Waals surface area contributed by atoms with Crippen LogP contribution in [0.5, 0.6) is 0 Å². The summed E-state index contributed by atoms with van der Waals surface area (Å²) in [4.78, 5) is 0. The largest absolute Gasteiger partial charge is 0.386 e. The zero-order valence-electron chi connectivity index (χ0n) is 12.1. The van der Waals surface area contributed by atoms with E-state index in [1.54, 1.807) is 0 Å². The molecule has 2 nitrogen and oxygen atoms in total. The first-order valence-corrected chi connectivity index (χ1v) is 6.81. The summed E-state index contributed by atoms with van der Waals surface area (Å²) in [6.07, 6.45) is 1.52. The summed E-state index contributed by atoms with van der Waals surface area (Å²) < 4.78 is 5.64. The molecule has 100 valence electrons. The van der Waals surface area contributed by atoms with Crippen molar-refractivity contribution in [2.45, 2.75) is 59.7 Å². The van der Waals surface area contributed by atoms with E-state index in [-0.39, 0.29) is 6.10 Å². The molecule has 1 saturated heterocycles. The van der Waals surface area contributed by atoms with Gasteiger partial charge in [-0.2, -0.15) is 0 Å². The Labute approximate surface area is 110 Å². The fourth-order valence-electron chi connectivity index (χ4n) is 3.01. The molecule has 1 fully saturated rings. The molecule has 1 N–H and O–H groups in total. The minimum atomic E-state index is -0.481. The molecule has 1 aliphatic rings. The molecule has 2 unspecified atom stereocenters. The van der Waals surface area contributed by atoms with Gasteiger partial charge in [0, 0.05) is 6.61 Å². The van der Waals surface area contributed by atoms with Crippen molar-refractivity contribution < 1.29 is 9.84 Å². The van der Waals surface area contributed by atoms with E-state index < -0.39 is 6.10 Å². The third-order valence-electron chi connectivity index (χ3n) is 4.67. The van der Waals surface area contributed by atoms with Gasteiger partial charge >= 0.3 is 0 Å². The number of aliphatic hydroxyl groups is 1. The molecule has 0 bridgehead atoms. The summed E-state index contributed by atoms with van der Waals surface area (Å²) in [7, 11) is 0. The van der Waals surface area contributed by atoms with Gasteiger partial charge < -0.3 is 9.84 Å². The lowest BCUT2D eigenvalue weighted by atomic mass is 9.85. The first kappa shape index (κ1) is 13.6. The quantitative estimate of drug-likeness (QED) is 0.868. The van der Waals surface area contributed by atoms with Gasteiger partial charge in [-0.3, -0.25) is 0 Å². The van der Waals surface area contributed by atoms with E-state index in [4.69, 9.17) is 4.74 Å². The summed E-state index contributed by atoms with van der Waals surface area (Å²) in [6, 6.07) is 0. The maximum absolute atomic E-state index is 10.6. The second-order valence-electron chi connectivity index (χ2n) is 5.53. The van der Waals surface area contributed by atoms with Crippen molar-refractivity contribution in [3.8, 4) is 0 Å². The maximum Gasteiger partial charge on any atom is 0.106 e. The summed E-state index contributed by atoms with van der Waals surface area (Å²) in [5, 5.41) is 10.6. The first-order chi connectivity index (χ1) is 8.45. The third-order valence-corrected chi connectivity index (χ3v) is 4.67. The predicted octanol–water partition coefficient (Wildman–Crippen LogP) is 3.44. The second-order valence-corrected chi connectivity index (χ2v) is 5.53. The fraction of sp³-hybridized carbons (Fsp3) is 0.625. The van der Waals surface area contributed by atoms with Crippen molar-refractivity contribution >= 4 is 0 Å². The van der Waals surface area contributed by atoms with E-state index in [9.17, 15) is 5.11 Å². The van der Waals surface area contributed by atoms with E-state index in [0.717, 1.165) is 25.0 Å². The Balaban J connectivity index is 2.49. The Kier molecular flexibility index (Phi) is 3.79. The number of ether oxygens (including phenoxy) is 1. The molecule has 2 heteroatoms. The van der Waals surface area contributed by atoms with Crippen LogP contribution >= 0.6 is 0 Å². The molecular weight excluding hydrogens is 224 g/mol. The normalized spacial score (nSPS) is 21.3. The van der Waals surface area contributed by atoms with Gasteiger partial charge in [-0.1, -0.05) is 0 Å². The van der Waals surface area contributed by atoms with Crippen molar-refractivity contribution in [1.29, 1.82) is 0 Å². The summed E-state index contributed by atoms with van der Waals surface area (Å²) >= 11 is 0. The number of hydrogen-bond donors (Lipinski definition) is 1. The van der Waals surface area contributed by atoms with Crippen molar-refractivity contribution in [2.75, 3.05) is 6.61 Å². The first-order valence-electron chi connectivity index (χ1n) is 6.81. The number of hydrogen-bond acceptors (Lipinski definition) is 2. The molecule has 0 aromatic heterocycles. The van der Waals surface area contributed by atoms with Crippen LogP contribution in [0.2, 0.25) is 0 Å². The third kappa shape index (κ3) is 2.08. The van der Waals surface area contributed by atoms with Gasteiger partial charge in [-0.25, -0.2) is 0 Å². The van der Waals surface area contributed by atoms with Gasteiger partial charge in [0.1, 0.15) is 6.10 Å². The summed E-state index contributed by atoms with van der Waals surface area (Å²) in [5.41, 5.74) is 7.46. The van der Waals surface area contributed by atoms with E-state index in [0.29, 0.717) is 0 Å². The molecule has 0 radical (unpaired) electrons. The van der Waals surface area contributed by atoms with Crippen LogP contribution < -0.4 is 0 Å². The van der Waals surface area contributed by atoms with Crippen LogP contribution in [0.25, 0.3) is 0 Å². The van der Waals surface area contributed by atoms with E-state index in [1.165, 1.54) is 27.8 Å². The van der Waals surface area contributed by atoms with E-state index >= 15 is 0 Å². The van der Waals surface area contributed by atoms with Crippen molar-refractivity contribution in [3.63, 3.8) is 0 Å². The molecule has 0 amide bonds. The van der Waals surface area contributed by atoms with E-state index in [1.807, 2.05) is 0 Å². The second kappa shape index (κ2) is 5.02. The van der Waals surface area contributed by atoms with Gasteiger partial charge in [0.25, 0.3) is 0 Å². The Bertz CT molecular complexity index is 428. The average molecular weight is 248 g/mol. The smallest absolute Gasteiger partial charge is 0.106 e. The Morgan fingerprint density at radius 2 is 1.44 bits per heavy atom. The molecule has 1 aliphatic heterocycles. The zero-order valence-corrected chi connectivity index (χ0v) is 12.1. The van der Waals surface area contributed by atoms with Crippen LogP contribution in [0.1, 0.15) is 52.3 Å². The number of aliphatic hydroxyl groups excluding tert-OH is 1. The van der Waals surface area contributed by atoms with Crippen molar-refractivity contribution in [2.24, 2.45) is 0 Å². The molecule has 0 saturated carbocycles. The molecule has 2 rings (SSSR count). The van der Waals surface area contributed by atoms with Crippen molar-refractivity contribution in [3.05, 3.63) is 33.4 Å². The summed E-state index contributed by atoms with van der Waals surface area (Å²) in [6.45, 7) is 11.5. The maximum atomic E-state index is 10.6. The zero-order chi connectivity index (χ0) is 13.4. The van der Waals surface area contributed by atoms with Crippen LogP contribution in [-0.4, -0.2) is 17.8 Å². The van der Waals surface area contributed by atoms with Crippen LogP contribution in [0, 0.1) is 34.6 Å². The SMILES string of the molecule is Cc1c(C)c(C)c(C(O)C2CCCO2)c(C)c1C. The highest BCUT2D eigenvalue weighted by molar-refractivity contribution is 5.50. The lowest BCUT2D eigenvalue weighted by molar-refractivity contribution is -0.00325. The van der Waals surface area contributed by atoms with Crippen LogP contribution in [-0.2, 0) is 4.74 Å². The van der Waals surface area contributed by atoms with E-state index in [2.05, 4.69) is 34.6 Å². The molecule has 0 spiro atoms. The molecule has 1 heterocycles. The fourth-order valence-corrected chi connectivity index (χ4v) is 3.01. The molecule has 0 aliphatic carbocycles. The minimum absolute atomic E-state index is 0.0242. The monoisotopic (exact) mass is 248 g/mol. The number of rotatable bonds is 2. The van der Waals surface area contributed by atoms with Gasteiger partial charge in [0.15, 0.2) is 0 Å². The van der Waals surface area contributed by atoms with Gasteiger partial charge in [0.2, 0.25) is 0 Å². The highest BCUT2D eigenvalue weighted by Gasteiger charge is 2.29.